The van der Waals surface area contributed by atoms with E-state index in [1.54, 1.807) is 70.2 Å². The zero-order chi connectivity index (χ0) is 43.5. The lowest BCUT2D eigenvalue weighted by atomic mass is 10.0. The number of hydrogen-bond donors (Lipinski definition) is 3. The molecular weight excluding hydrogens is 822 g/mol. The number of piperidine rings is 2. The maximum absolute atomic E-state index is 12.8. The molecule has 0 spiro atoms. The SMILES string of the molecule is O=C(O)Cc1ccc(OC2CCN(C(=O)O)CC2)cc1.O=C(O)c1ccc(-n2nnnc2SC2CCN(C(=O)Oc3ccc(Cc4ccc(C(F)(F)F)cc4)cc3)CC2)cc1. The summed E-state index contributed by atoms with van der Waals surface area (Å²) in [5.41, 5.74) is 2.48. The van der Waals surface area contributed by atoms with Crippen LogP contribution in [0.15, 0.2) is 102 Å². The van der Waals surface area contributed by atoms with Gasteiger partial charge >= 0.3 is 30.3 Å². The Morgan fingerprint density at radius 3 is 1.82 bits per heavy atom. The first-order valence-corrected chi connectivity index (χ1v) is 20.0. The van der Waals surface area contributed by atoms with Crippen LogP contribution in [0.5, 0.6) is 11.5 Å². The van der Waals surface area contributed by atoms with E-state index < -0.39 is 35.9 Å². The van der Waals surface area contributed by atoms with Crippen molar-refractivity contribution in [2.24, 2.45) is 0 Å². The Balaban J connectivity index is 0.000000260. The van der Waals surface area contributed by atoms with Gasteiger partial charge in [0.2, 0.25) is 5.16 Å². The van der Waals surface area contributed by atoms with Gasteiger partial charge in [0, 0.05) is 44.3 Å². The topological polar surface area (TPSA) is 198 Å². The number of likely N-dealkylation sites (tertiary alicyclic amines) is 2. The number of aliphatic carboxylic acids is 1. The van der Waals surface area contributed by atoms with Crippen molar-refractivity contribution in [3.05, 3.63) is 125 Å². The molecule has 1 aromatic heterocycles. The minimum absolute atomic E-state index is 0.00270. The van der Waals surface area contributed by atoms with Gasteiger partial charge in [-0.3, -0.25) is 4.79 Å². The van der Waals surface area contributed by atoms with Crippen LogP contribution >= 0.6 is 11.8 Å². The number of rotatable bonds is 11. The van der Waals surface area contributed by atoms with E-state index in [4.69, 9.17) is 24.8 Å². The monoisotopic (exact) mass is 862 g/mol. The Kier molecular flexibility index (Phi) is 14.5. The van der Waals surface area contributed by atoms with Gasteiger partial charge < -0.3 is 34.6 Å². The molecule has 2 fully saturated rings. The molecule has 61 heavy (non-hydrogen) atoms. The summed E-state index contributed by atoms with van der Waals surface area (Å²) in [6, 6.07) is 25.2. The smallest absolute Gasteiger partial charge is 0.416 e. The van der Waals surface area contributed by atoms with Crippen LogP contribution in [0.2, 0.25) is 0 Å². The van der Waals surface area contributed by atoms with Crippen LogP contribution in [0.1, 0.15) is 58.3 Å². The van der Waals surface area contributed by atoms with Gasteiger partial charge in [0.05, 0.1) is 23.2 Å². The van der Waals surface area contributed by atoms with E-state index in [0.29, 0.717) is 80.6 Å². The lowest BCUT2D eigenvalue weighted by Crippen LogP contribution is -2.41. The van der Waals surface area contributed by atoms with Gasteiger partial charge in [-0.05, 0) is 107 Å². The third kappa shape index (κ3) is 12.7. The van der Waals surface area contributed by atoms with Gasteiger partial charge in [0.15, 0.2) is 0 Å². The van der Waals surface area contributed by atoms with Crippen molar-refractivity contribution in [3.63, 3.8) is 0 Å². The Labute approximate surface area is 351 Å². The molecule has 320 valence electrons. The molecule has 15 nitrogen and oxygen atoms in total. The van der Waals surface area contributed by atoms with Crippen LogP contribution in [0.3, 0.4) is 0 Å². The highest BCUT2D eigenvalue weighted by atomic mass is 32.2. The summed E-state index contributed by atoms with van der Waals surface area (Å²) in [5.74, 6) is -0.801. The zero-order valence-corrected chi connectivity index (χ0v) is 33.3. The van der Waals surface area contributed by atoms with Gasteiger partial charge in [-0.25, -0.2) is 14.4 Å². The number of benzene rings is 4. The number of aromatic carboxylic acids is 1. The summed E-state index contributed by atoms with van der Waals surface area (Å²) in [5, 5.41) is 39.2. The number of thioether (sulfide) groups is 1. The number of carboxylic acid groups (broad SMARTS) is 3. The number of hydrogen-bond acceptors (Lipinski definition) is 10. The van der Waals surface area contributed by atoms with Crippen molar-refractivity contribution < 1.29 is 57.1 Å². The highest BCUT2D eigenvalue weighted by molar-refractivity contribution is 7.99. The fourth-order valence-corrected chi connectivity index (χ4v) is 7.64. The van der Waals surface area contributed by atoms with Crippen molar-refractivity contribution >= 4 is 35.9 Å². The molecular formula is C42H41F3N6O9S. The van der Waals surface area contributed by atoms with E-state index in [9.17, 15) is 32.3 Å². The van der Waals surface area contributed by atoms with Crippen LogP contribution in [0.4, 0.5) is 22.8 Å². The molecule has 5 aromatic rings. The highest BCUT2D eigenvalue weighted by Crippen LogP contribution is 2.31. The molecule has 2 aliphatic rings. The molecule has 7 rings (SSSR count). The summed E-state index contributed by atoms with van der Waals surface area (Å²) in [7, 11) is 0. The van der Waals surface area contributed by atoms with Crippen molar-refractivity contribution in [2.45, 2.75) is 61.2 Å². The first-order valence-electron chi connectivity index (χ1n) is 19.2. The first-order chi connectivity index (χ1) is 29.2. The number of alkyl halides is 3. The first kappa shape index (κ1) is 43.9. The number of ether oxygens (including phenoxy) is 2. The van der Waals surface area contributed by atoms with E-state index in [1.807, 2.05) is 0 Å². The normalized spacial score (nSPS) is 14.7. The Morgan fingerprint density at radius 1 is 0.705 bits per heavy atom. The van der Waals surface area contributed by atoms with Crippen LogP contribution in [-0.2, 0) is 23.8 Å². The van der Waals surface area contributed by atoms with Gasteiger partial charge in [-0.2, -0.15) is 17.9 Å². The summed E-state index contributed by atoms with van der Waals surface area (Å²) in [6.07, 6.45) is -2.49. The number of carbonyl (C=O) groups excluding carboxylic acids is 1. The lowest BCUT2D eigenvalue weighted by molar-refractivity contribution is -0.138. The number of aromatic nitrogens is 4. The Bertz CT molecular complexity index is 2260. The quantitative estimate of drug-likeness (QED) is 0.118. The minimum Gasteiger partial charge on any atom is -0.490 e. The Hall–Kier alpha value is -6.63. The highest BCUT2D eigenvalue weighted by Gasteiger charge is 2.30. The fourth-order valence-electron chi connectivity index (χ4n) is 6.57. The minimum atomic E-state index is -4.37. The van der Waals surface area contributed by atoms with E-state index in [1.165, 1.54) is 40.9 Å². The molecule has 0 aliphatic carbocycles. The molecule has 0 atom stereocenters. The van der Waals surface area contributed by atoms with Gasteiger partial charge in [-0.1, -0.05) is 48.2 Å². The predicted molar refractivity (Wildman–Crippen MR) is 214 cm³/mol. The summed E-state index contributed by atoms with van der Waals surface area (Å²) in [6.45, 7) is 1.96. The summed E-state index contributed by atoms with van der Waals surface area (Å²) in [4.78, 5) is 48.2. The van der Waals surface area contributed by atoms with Crippen LogP contribution in [-0.4, -0.2) is 107 Å². The molecule has 2 saturated heterocycles. The summed E-state index contributed by atoms with van der Waals surface area (Å²) < 4.78 is 51.1. The van der Waals surface area contributed by atoms with Crippen molar-refractivity contribution in [2.75, 3.05) is 26.2 Å². The number of carbonyl (C=O) groups is 4. The molecule has 4 aromatic carbocycles. The number of carboxylic acids is 2. The molecule has 3 heterocycles. The molecule has 0 unspecified atom stereocenters. The second kappa shape index (κ2) is 20.1. The standard InChI is InChI=1S/C28H24F3N5O4S.C14H17NO5/c29-28(30,31)21-7-1-18(2-8-21)17-19-3-11-23(12-4-19)40-27(39)35-15-13-24(14-16-35)41-26-32-33-34-36(26)22-9-5-20(6-10-22)25(37)38;16-13(17)9-10-1-3-11(4-2-10)20-12-5-7-15(8-6-12)14(18)19/h1-12,24H,13-17H2,(H,37,38);1-4,12H,5-9H2,(H,16,17)(H,18,19). The lowest BCUT2D eigenvalue weighted by Gasteiger charge is -2.30. The van der Waals surface area contributed by atoms with Crippen LogP contribution in [0.25, 0.3) is 5.69 Å². The Morgan fingerprint density at radius 2 is 1.26 bits per heavy atom. The number of nitrogens with zero attached hydrogens (tertiary/aromatic N) is 6. The molecule has 2 amide bonds. The van der Waals surface area contributed by atoms with Crippen LogP contribution < -0.4 is 9.47 Å². The van der Waals surface area contributed by atoms with Crippen LogP contribution in [0, 0.1) is 0 Å². The van der Waals surface area contributed by atoms with E-state index in [0.717, 1.165) is 28.8 Å². The number of amides is 2. The van der Waals surface area contributed by atoms with E-state index in [-0.39, 0.29) is 23.3 Å². The second-order valence-electron chi connectivity index (χ2n) is 14.2. The number of tetrazole rings is 1. The van der Waals surface area contributed by atoms with Gasteiger partial charge in [0.1, 0.15) is 17.6 Å². The van der Waals surface area contributed by atoms with Crippen molar-refractivity contribution in [1.82, 2.24) is 30.0 Å². The third-order valence-corrected chi connectivity index (χ3v) is 11.2. The average Bonchev–Trinajstić information content (AvgIpc) is 3.70. The van der Waals surface area contributed by atoms with Gasteiger partial charge in [-0.15, -0.1) is 5.10 Å². The largest absolute Gasteiger partial charge is 0.490 e. The van der Waals surface area contributed by atoms with E-state index >= 15 is 0 Å². The molecule has 3 N–H and O–H groups in total. The molecule has 19 heteroatoms. The van der Waals surface area contributed by atoms with Crippen molar-refractivity contribution in [3.8, 4) is 17.2 Å². The number of halogens is 3. The van der Waals surface area contributed by atoms with Gasteiger partial charge in [0.25, 0.3) is 0 Å². The summed E-state index contributed by atoms with van der Waals surface area (Å²) >= 11 is 1.50. The maximum Gasteiger partial charge on any atom is 0.416 e. The fraction of sp³-hybridized carbons (Fsp3) is 0.310. The predicted octanol–water partition coefficient (Wildman–Crippen LogP) is 7.56. The molecule has 0 radical (unpaired) electrons. The molecule has 0 bridgehead atoms. The molecule has 2 aliphatic heterocycles. The molecule has 0 saturated carbocycles. The van der Waals surface area contributed by atoms with E-state index in [2.05, 4.69) is 15.5 Å². The zero-order valence-electron chi connectivity index (χ0n) is 32.5. The maximum atomic E-state index is 12.8. The average molecular weight is 863 g/mol. The third-order valence-electron chi connectivity index (χ3n) is 9.88. The van der Waals surface area contributed by atoms with Crippen molar-refractivity contribution in [1.29, 1.82) is 0 Å². The second-order valence-corrected chi connectivity index (χ2v) is 15.5.